The van der Waals surface area contributed by atoms with Crippen LogP contribution >= 0.6 is 0 Å². The van der Waals surface area contributed by atoms with Gasteiger partial charge in [0.25, 0.3) is 5.91 Å². The molecule has 5 aliphatic rings. The van der Waals surface area contributed by atoms with Gasteiger partial charge in [-0.05, 0) is 87.8 Å². The molecule has 2 aromatic rings. The number of aromatic nitrogens is 2. The number of likely N-dealkylation sites (tertiary alicyclic amines) is 1. The van der Waals surface area contributed by atoms with Gasteiger partial charge in [-0.15, -0.1) is 0 Å². The van der Waals surface area contributed by atoms with Gasteiger partial charge in [-0.1, -0.05) is 12.1 Å². The number of piperidine rings is 1. The van der Waals surface area contributed by atoms with Crippen LogP contribution in [0.4, 0.5) is 5.69 Å². The Morgan fingerprint density at radius 2 is 1.85 bits per heavy atom. The average molecular weight is 562 g/mol. The van der Waals surface area contributed by atoms with E-state index in [2.05, 4.69) is 41.8 Å². The predicted octanol–water partition coefficient (Wildman–Crippen LogP) is 3.04. The van der Waals surface area contributed by atoms with Crippen molar-refractivity contribution in [2.24, 2.45) is 5.92 Å². The van der Waals surface area contributed by atoms with E-state index < -0.39 is 0 Å². The van der Waals surface area contributed by atoms with Gasteiger partial charge in [0, 0.05) is 49.2 Å². The topological polar surface area (TPSA) is 91.1 Å². The van der Waals surface area contributed by atoms with Gasteiger partial charge in [0.05, 0.1) is 25.4 Å². The normalized spacial score (nSPS) is 27.1. The number of hydrogen-bond donors (Lipinski definition) is 1. The first-order valence-corrected chi connectivity index (χ1v) is 15.7. The van der Waals surface area contributed by atoms with Crippen LogP contribution in [0.1, 0.15) is 77.3 Å². The van der Waals surface area contributed by atoms with Crippen LogP contribution in [0.5, 0.6) is 0 Å². The number of piperazine rings is 1. The fraction of sp³-hybridized carbons (Fsp3) is 0.656. The summed E-state index contributed by atoms with van der Waals surface area (Å²) in [4.78, 5) is 34.2. The second-order valence-electron chi connectivity index (χ2n) is 12.8. The molecule has 2 saturated heterocycles. The molecule has 4 fully saturated rings. The molecule has 2 aliphatic heterocycles. The van der Waals surface area contributed by atoms with Gasteiger partial charge < -0.3 is 24.5 Å². The van der Waals surface area contributed by atoms with E-state index in [1.54, 1.807) is 0 Å². The van der Waals surface area contributed by atoms with Crippen LogP contribution in [-0.2, 0) is 22.5 Å². The number of ether oxygens (including phenoxy) is 1. The number of fused-ring (bicyclic) bond motifs is 4. The Morgan fingerprint density at radius 1 is 1.05 bits per heavy atom. The lowest BCUT2D eigenvalue weighted by atomic mass is 10.00. The predicted molar refractivity (Wildman–Crippen MR) is 155 cm³/mol. The number of benzene rings is 1. The molecule has 2 saturated carbocycles. The second kappa shape index (κ2) is 10.7. The Hall–Kier alpha value is -2.91. The summed E-state index contributed by atoms with van der Waals surface area (Å²) in [6, 6.07) is 7.13. The Labute approximate surface area is 242 Å². The lowest BCUT2D eigenvalue weighted by molar-refractivity contribution is -0.135. The standard InChI is InChI=1S/C32H43N5O4/c1-20-5-3-6-25(21(20)2)35-13-14-36(27-8-4-7-26(27)35)29(39)19-37-28-18-22-17-24(22)30(28)31(33-37)32(40)34-11-9-23(10-12-34)41-16-15-38/h3,5-6,22-24,26-27,38H,4,7-19H2,1-2H3/t22-,24-,26+,27+/m1/s1. The first-order valence-electron chi connectivity index (χ1n) is 15.7. The Morgan fingerprint density at radius 3 is 2.66 bits per heavy atom. The van der Waals surface area contributed by atoms with Crippen molar-refractivity contribution in [2.45, 2.75) is 89.4 Å². The highest BCUT2D eigenvalue weighted by atomic mass is 16.5. The zero-order valence-electron chi connectivity index (χ0n) is 24.4. The van der Waals surface area contributed by atoms with Crippen molar-refractivity contribution in [3.8, 4) is 0 Å². The number of aliphatic hydroxyl groups excluding tert-OH is 1. The van der Waals surface area contributed by atoms with Crippen LogP contribution in [0.3, 0.4) is 0 Å². The molecular formula is C32H43N5O4. The van der Waals surface area contributed by atoms with Crippen LogP contribution in [0, 0.1) is 19.8 Å². The molecule has 0 spiro atoms. The van der Waals surface area contributed by atoms with E-state index in [0.29, 0.717) is 43.3 Å². The number of anilines is 1. The zero-order chi connectivity index (χ0) is 28.2. The molecule has 0 bridgehead atoms. The highest BCUT2D eigenvalue weighted by Crippen LogP contribution is 2.57. The molecule has 220 valence electrons. The minimum Gasteiger partial charge on any atom is -0.394 e. The molecule has 1 aromatic heterocycles. The maximum absolute atomic E-state index is 13.9. The van der Waals surface area contributed by atoms with Crippen molar-refractivity contribution in [3.63, 3.8) is 0 Å². The summed E-state index contributed by atoms with van der Waals surface area (Å²) >= 11 is 0. The van der Waals surface area contributed by atoms with Crippen LogP contribution in [0.2, 0.25) is 0 Å². The summed E-state index contributed by atoms with van der Waals surface area (Å²) in [7, 11) is 0. The first-order chi connectivity index (χ1) is 19.9. The lowest BCUT2D eigenvalue weighted by Gasteiger charge is -2.46. The number of hydrogen-bond acceptors (Lipinski definition) is 6. The quantitative estimate of drug-likeness (QED) is 0.559. The third kappa shape index (κ3) is 4.75. The monoisotopic (exact) mass is 561 g/mol. The molecule has 2 amide bonds. The molecule has 7 rings (SSSR count). The lowest BCUT2D eigenvalue weighted by Crippen LogP contribution is -2.59. The van der Waals surface area contributed by atoms with Crippen molar-refractivity contribution in [1.29, 1.82) is 0 Å². The molecule has 0 unspecified atom stereocenters. The number of aliphatic hydroxyl groups is 1. The van der Waals surface area contributed by atoms with Gasteiger partial charge in [-0.2, -0.15) is 5.10 Å². The number of rotatable bonds is 7. The number of nitrogens with zero attached hydrogens (tertiary/aromatic N) is 5. The fourth-order valence-corrected chi connectivity index (χ4v) is 8.14. The number of aryl methyl sites for hydroxylation is 1. The minimum absolute atomic E-state index is 0.00129. The third-order valence-corrected chi connectivity index (χ3v) is 10.5. The summed E-state index contributed by atoms with van der Waals surface area (Å²) < 4.78 is 7.57. The maximum atomic E-state index is 13.9. The van der Waals surface area contributed by atoms with Crippen molar-refractivity contribution in [3.05, 3.63) is 46.3 Å². The van der Waals surface area contributed by atoms with Gasteiger partial charge in [0.2, 0.25) is 5.91 Å². The molecule has 3 heterocycles. The highest BCUT2D eigenvalue weighted by Gasteiger charge is 2.51. The van der Waals surface area contributed by atoms with E-state index in [9.17, 15) is 9.59 Å². The molecule has 3 aliphatic carbocycles. The van der Waals surface area contributed by atoms with Crippen LogP contribution in [0.25, 0.3) is 0 Å². The Kier molecular flexibility index (Phi) is 7.06. The van der Waals surface area contributed by atoms with E-state index in [1.165, 1.54) is 16.8 Å². The summed E-state index contributed by atoms with van der Waals surface area (Å²) in [5, 5.41) is 13.9. The summed E-state index contributed by atoms with van der Waals surface area (Å²) in [5.41, 5.74) is 6.76. The van der Waals surface area contributed by atoms with Gasteiger partial charge in [-0.25, -0.2) is 0 Å². The summed E-state index contributed by atoms with van der Waals surface area (Å²) in [6.07, 6.45) is 7.00. The largest absolute Gasteiger partial charge is 0.394 e. The second-order valence-corrected chi connectivity index (χ2v) is 12.8. The average Bonchev–Trinajstić information content (AvgIpc) is 3.28. The molecule has 4 atom stereocenters. The van der Waals surface area contributed by atoms with Gasteiger partial charge in [0.1, 0.15) is 6.54 Å². The minimum atomic E-state index is -0.00129. The molecule has 1 N–H and O–H groups in total. The summed E-state index contributed by atoms with van der Waals surface area (Å²) in [6.45, 7) is 7.81. The van der Waals surface area contributed by atoms with E-state index in [1.807, 2.05) is 9.58 Å². The number of carbonyl (C=O) groups is 2. The third-order valence-electron chi connectivity index (χ3n) is 10.5. The van der Waals surface area contributed by atoms with Crippen molar-refractivity contribution < 1.29 is 19.4 Å². The highest BCUT2D eigenvalue weighted by molar-refractivity contribution is 5.95. The Balaban J connectivity index is 1.07. The van der Waals surface area contributed by atoms with Crippen molar-refractivity contribution >= 4 is 17.5 Å². The number of carbonyl (C=O) groups excluding carboxylic acids is 2. The van der Waals surface area contributed by atoms with Crippen molar-refractivity contribution in [2.75, 3.05) is 44.3 Å². The van der Waals surface area contributed by atoms with E-state index in [-0.39, 0.29) is 37.1 Å². The van der Waals surface area contributed by atoms with Crippen LogP contribution in [-0.4, -0.2) is 94.1 Å². The summed E-state index contributed by atoms with van der Waals surface area (Å²) in [5.74, 6) is 1.17. The van der Waals surface area contributed by atoms with E-state index >= 15 is 0 Å². The SMILES string of the molecule is Cc1cccc(N2CCN(C(=O)Cn3nc(C(=O)N4CCC(OCCO)CC4)c4c3C[C@H]3C[C@@H]43)[C@H]3CCC[C@@H]32)c1C. The zero-order valence-corrected chi connectivity index (χ0v) is 24.4. The number of amides is 2. The molecule has 0 radical (unpaired) electrons. The fourth-order valence-electron chi connectivity index (χ4n) is 8.14. The van der Waals surface area contributed by atoms with Crippen molar-refractivity contribution in [1.82, 2.24) is 19.6 Å². The van der Waals surface area contributed by atoms with Crippen LogP contribution < -0.4 is 4.90 Å². The van der Waals surface area contributed by atoms with Gasteiger partial charge >= 0.3 is 0 Å². The molecular weight excluding hydrogens is 518 g/mol. The maximum Gasteiger partial charge on any atom is 0.274 e. The van der Waals surface area contributed by atoms with Gasteiger partial charge in [0.15, 0.2) is 5.69 Å². The molecule has 9 heteroatoms. The smallest absolute Gasteiger partial charge is 0.274 e. The Bertz CT molecular complexity index is 1330. The van der Waals surface area contributed by atoms with E-state index in [0.717, 1.165) is 69.3 Å². The first kappa shape index (κ1) is 27.0. The van der Waals surface area contributed by atoms with Gasteiger partial charge in [-0.3, -0.25) is 14.3 Å². The van der Waals surface area contributed by atoms with Crippen LogP contribution in [0.15, 0.2) is 18.2 Å². The molecule has 1 aromatic carbocycles. The molecule has 41 heavy (non-hydrogen) atoms. The van der Waals surface area contributed by atoms with E-state index in [4.69, 9.17) is 14.9 Å². The molecule has 9 nitrogen and oxygen atoms in total.